The van der Waals surface area contributed by atoms with Gasteiger partial charge in [0.1, 0.15) is 0 Å². The van der Waals surface area contributed by atoms with Crippen LogP contribution in [-0.2, 0) is 10.2 Å². The summed E-state index contributed by atoms with van der Waals surface area (Å²) >= 11 is 0. The Kier molecular flexibility index (Phi) is 2.98. The van der Waals surface area contributed by atoms with E-state index in [9.17, 15) is 5.26 Å². The summed E-state index contributed by atoms with van der Waals surface area (Å²) < 4.78 is 5.38. The van der Waals surface area contributed by atoms with E-state index in [2.05, 4.69) is 32.0 Å². The molecule has 2 rings (SSSR count). The van der Waals surface area contributed by atoms with E-state index in [1.807, 2.05) is 12.1 Å². The van der Waals surface area contributed by atoms with Crippen molar-refractivity contribution < 1.29 is 4.74 Å². The third-order valence-corrected chi connectivity index (χ3v) is 3.63. The molecule has 0 N–H and O–H groups in total. The summed E-state index contributed by atoms with van der Waals surface area (Å²) in [5, 5.41) is 9.27. The number of rotatable bonds is 3. The molecule has 2 heteroatoms. The lowest BCUT2D eigenvalue weighted by Gasteiger charge is -2.45. The lowest BCUT2D eigenvalue weighted by molar-refractivity contribution is -0.0807. The van der Waals surface area contributed by atoms with E-state index in [1.54, 1.807) is 0 Å². The fraction of sp³-hybridized carbons (Fsp3) is 0.500. The Balaban J connectivity index is 2.43. The molecular weight excluding hydrogens is 198 g/mol. The molecule has 0 bridgehead atoms. The highest BCUT2D eigenvalue weighted by atomic mass is 16.5. The largest absolute Gasteiger partial charge is 0.379 e. The van der Waals surface area contributed by atoms with Crippen molar-refractivity contribution in [2.45, 2.75) is 25.7 Å². The van der Waals surface area contributed by atoms with E-state index in [1.165, 1.54) is 11.1 Å². The Morgan fingerprint density at radius 1 is 1.44 bits per heavy atom. The molecule has 0 spiro atoms. The van der Waals surface area contributed by atoms with Crippen molar-refractivity contribution in [1.82, 2.24) is 0 Å². The van der Waals surface area contributed by atoms with Crippen LogP contribution in [0.15, 0.2) is 24.3 Å². The van der Waals surface area contributed by atoms with Gasteiger partial charge in [0.05, 0.1) is 30.6 Å². The Morgan fingerprint density at radius 3 is 2.56 bits per heavy atom. The summed E-state index contributed by atoms with van der Waals surface area (Å²) in [6.45, 7) is 5.56. The molecular formula is C14H17NO. The lowest BCUT2D eigenvalue weighted by Crippen LogP contribution is -2.52. The fourth-order valence-electron chi connectivity index (χ4n) is 2.60. The number of hydrogen-bond donors (Lipinski definition) is 0. The van der Waals surface area contributed by atoms with Gasteiger partial charge in [-0.25, -0.2) is 0 Å². The second-order valence-corrected chi connectivity index (χ2v) is 4.55. The molecule has 0 amide bonds. The maximum atomic E-state index is 9.27. The highest BCUT2D eigenvalue weighted by Gasteiger charge is 2.47. The average molecular weight is 215 g/mol. The molecule has 84 valence electrons. The van der Waals surface area contributed by atoms with Gasteiger partial charge in [0.25, 0.3) is 0 Å². The van der Waals surface area contributed by atoms with Gasteiger partial charge >= 0.3 is 0 Å². The van der Waals surface area contributed by atoms with Gasteiger partial charge in [0.2, 0.25) is 0 Å². The zero-order valence-corrected chi connectivity index (χ0v) is 9.86. The van der Waals surface area contributed by atoms with Crippen molar-refractivity contribution in [2.75, 3.05) is 13.2 Å². The third kappa shape index (κ3) is 1.52. The number of benzene rings is 1. The third-order valence-electron chi connectivity index (χ3n) is 3.63. The second kappa shape index (κ2) is 4.27. The van der Waals surface area contributed by atoms with Crippen molar-refractivity contribution in [1.29, 1.82) is 5.26 Å². The van der Waals surface area contributed by atoms with Crippen LogP contribution in [0.5, 0.6) is 0 Å². The van der Waals surface area contributed by atoms with Crippen LogP contribution >= 0.6 is 0 Å². The molecule has 1 aliphatic heterocycles. The van der Waals surface area contributed by atoms with E-state index in [4.69, 9.17) is 4.74 Å². The highest BCUT2D eigenvalue weighted by molar-refractivity contribution is 5.37. The van der Waals surface area contributed by atoms with E-state index in [0.29, 0.717) is 13.2 Å². The van der Waals surface area contributed by atoms with Crippen LogP contribution < -0.4 is 0 Å². The first-order valence-corrected chi connectivity index (χ1v) is 5.78. The Morgan fingerprint density at radius 2 is 2.12 bits per heavy atom. The maximum absolute atomic E-state index is 9.27. The number of aryl methyl sites for hydroxylation is 1. The molecule has 1 fully saturated rings. The van der Waals surface area contributed by atoms with Gasteiger partial charge in [0, 0.05) is 0 Å². The summed E-state index contributed by atoms with van der Waals surface area (Å²) in [4.78, 5) is 0. The molecule has 1 aromatic rings. The predicted octanol–water partition coefficient (Wildman–Crippen LogP) is 2.81. The minimum absolute atomic E-state index is 0.0577. The molecule has 1 atom stereocenters. The van der Waals surface area contributed by atoms with Crippen LogP contribution in [0, 0.1) is 24.2 Å². The monoisotopic (exact) mass is 215 g/mol. The minimum atomic E-state index is -0.0607. The normalized spacial score (nSPS) is 19.6. The van der Waals surface area contributed by atoms with Crippen LogP contribution in [0.4, 0.5) is 0 Å². The summed E-state index contributed by atoms with van der Waals surface area (Å²) in [5.41, 5.74) is 2.49. The van der Waals surface area contributed by atoms with Crippen LogP contribution in [0.2, 0.25) is 0 Å². The molecule has 0 saturated carbocycles. The number of ether oxygens (including phenoxy) is 1. The van der Waals surface area contributed by atoms with Crippen LogP contribution in [0.1, 0.15) is 24.5 Å². The Labute approximate surface area is 96.9 Å². The second-order valence-electron chi connectivity index (χ2n) is 4.55. The van der Waals surface area contributed by atoms with E-state index in [-0.39, 0.29) is 11.3 Å². The van der Waals surface area contributed by atoms with Gasteiger partial charge in [-0.1, -0.05) is 31.2 Å². The van der Waals surface area contributed by atoms with Crippen molar-refractivity contribution in [3.05, 3.63) is 35.4 Å². The first kappa shape index (κ1) is 11.2. The average Bonchev–Trinajstić information content (AvgIpc) is 2.25. The highest BCUT2D eigenvalue weighted by Crippen LogP contribution is 2.42. The van der Waals surface area contributed by atoms with Crippen LogP contribution in [0.25, 0.3) is 0 Å². The zero-order valence-electron chi connectivity index (χ0n) is 9.86. The van der Waals surface area contributed by atoms with Crippen molar-refractivity contribution >= 4 is 0 Å². The van der Waals surface area contributed by atoms with E-state index < -0.39 is 0 Å². The number of nitrogens with zero attached hydrogens (tertiary/aromatic N) is 1. The van der Waals surface area contributed by atoms with Crippen LogP contribution in [-0.4, -0.2) is 13.2 Å². The molecule has 2 nitrogen and oxygen atoms in total. The smallest absolute Gasteiger partial charge is 0.0666 e. The summed E-state index contributed by atoms with van der Waals surface area (Å²) in [5.74, 6) is 0.0577. The molecule has 1 unspecified atom stereocenters. The topological polar surface area (TPSA) is 33.0 Å². The fourth-order valence-corrected chi connectivity index (χ4v) is 2.60. The summed E-state index contributed by atoms with van der Waals surface area (Å²) in [6.07, 6.45) is 0.883. The molecule has 1 aliphatic rings. The van der Waals surface area contributed by atoms with Gasteiger partial charge in [0.15, 0.2) is 0 Å². The summed E-state index contributed by atoms with van der Waals surface area (Å²) in [7, 11) is 0. The molecule has 1 heterocycles. The molecule has 1 aromatic carbocycles. The lowest BCUT2D eigenvalue weighted by atomic mass is 9.67. The molecule has 0 aliphatic carbocycles. The Hall–Kier alpha value is -1.33. The molecule has 16 heavy (non-hydrogen) atoms. The van der Waals surface area contributed by atoms with Gasteiger partial charge in [-0.05, 0) is 24.5 Å². The molecule has 0 radical (unpaired) electrons. The SMILES string of the molecule is CCC(C#N)C1(c2ccccc2C)COC1. The van der Waals surface area contributed by atoms with Gasteiger partial charge in [-0.15, -0.1) is 0 Å². The van der Waals surface area contributed by atoms with E-state index >= 15 is 0 Å². The quantitative estimate of drug-likeness (QED) is 0.776. The van der Waals surface area contributed by atoms with Crippen LogP contribution in [0.3, 0.4) is 0 Å². The maximum Gasteiger partial charge on any atom is 0.0666 e. The zero-order chi connectivity index (χ0) is 11.6. The van der Waals surface area contributed by atoms with E-state index in [0.717, 1.165) is 6.42 Å². The van der Waals surface area contributed by atoms with Crippen molar-refractivity contribution in [2.24, 2.45) is 5.92 Å². The van der Waals surface area contributed by atoms with Gasteiger partial charge in [-0.3, -0.25) is 0 Å². The van der Waals surface area contributed by atoms with Gasteiger partial charge in [-0.2, -0.15) is 5.26 Å². The minimum Gasteiger partial charge on any atom is -0.379 e. The van der Waals surface area contributed by atoms with Crippen molar-refractivity contribution in [3.8, 4) is 6.07 Å². The number of nitriles is 1. The summed E-state index contributed by atoms with van der Waals surface area (Å²) in [6, 6.07) is 10.8. The van der Waals surface area contributed by atoms with Crippen molar-refractivity contribution in [3.63, 3.8) is 0 Å². The Bertz CT molecular complexity index is 415. The first-order valence-electron chi connectivity index (χ1n) is 5.78. The number of hydrogen-bond acceptors (Lipinski definition) is 2. The standard InChI is InChI=1S/C14H17NO/c1-3-12(8-15)14(9-16-10-14)13-7-5-4-6-11(13)2/h4-7,12H,3,9-10H2,1-2H3. The van der Waals surface area contributed by atoms with Gasteiger partial charge < -0.3 is 4.74 Å². The first-order chi connectivity index (χ1) is 7.74. The molecule has 1 saturated heterocycles. The molecule has 0 aromatic heterocycles. The predicted molar refractivity (Wildman–Crippen MR) is 63.1 cm³/mol.